The van der Waals surface area contributed by atoms with Crippen LogP contribution in [0.4, 0.5) is 11.4 Å². The van der Waals surface area contributed by atoms with Crippen molar-refractivity contribution in [1.82, 2.24) is 9.78 Å². The Morgan fingerprint density at radius 2 is 1.82 bits per heavy atom. The zero-order valence-electron chi connectivity index (χ0n) is 18.8. The molecule has 7 nitrogen and oxygen atoms in total. The fourth-order valence-corrected chi connectivity index (χ4v) is 4.31. The number of carbonyl (C=O) groups excluding carboxylic acids is 2. The van der Waals surface area contributed by atoms with Gasteiger partial charge in [0.15, 0.2) is 6.61 Å². The SMILES string of the molecule is Cc1cc(N2CCCC2)ccc1NC(=O)COC(=O)c1c(C)nn(Cc2ccccc2)c1Cl. The van der Waals surface area contributed by atoms with E-state index in [4.69, 9.17) is 16.3 Å². The van der Waals surface area contributed by atoms with E-state index in [-0.39, 0.29) is 10.7 Å². The molecule has 1 aliphatic rings. The van der Waals surface area contributed by atoms with Crippen LogP contribution in [0, 0.1) is 13.8 Å². The quantitative estimate of drug-likeness (QED) is 0.515. The number of nitrogens with one attached hydrogen (secondary N) is 1. The Balaban J connectivity index is 1.35. The van der Waals surface area contributed by atoms with Gasteiger partial charge in [0.2, 0.25) is 0 Å². The maximum absolute atomic E-state index is 12.6. The van der Waals surface area contributed by atoms with Crippen molar-refractivity contribution in [2.75, 3.05) is 29.9 Å². The molecule has 2 heterocycles. The maximum atomic E-state index is 12.6. The molecule has 8 heteroatoms. The number of esters is 1. The number of rotatable bonds is 7. The lowest BCUT2D eigenvalue weighted by Crippen LogP contribution is -2.22. The molecule has 2 aromatic carbocycles. The highest BCUT2D eigenvalue weighted by Gasteiger charge is 2.23. The number of anilines is 2. The highest BCUT2D eigenvalue weighted by atomic mass is 35.5. The molecule has 1 saturated heterocycles. The summed E-state index contributed by atoms with van der Waals surface area (Å²) >= 11 is 6.40. The Bertz CT molecular complexity index is 1150. The average molecular weight is 467 g/mol. The molecular weight excluding hydrogens is 440 g/mol. The van der Waals surface area contributed by atoms with Gasteiger partial charge in [-0.3, -0.25) is 4.79 Å². The predicted molar refractivity (Wildman–Crippen MR) is 129 cm³/mol. The summed E-state index contributed by atoms with van der Waals surface area (Å²) < 4.78 is 6.78. The molecule has 0 unspecified atom stereocenters. The average Bonchev–Trinajstić information content (AvgIpc) is 3.43. The molecule has 1 N–H and O–H groups in total. The summed E-state index contributed by atoms with van der Waals surface area (Å²) in [6.07, 6.45) is 2.41. The predicted octanol–water partition coefficient (Wildman–Crippen LogP) is 4.60. The third-order valence-corrected chi connectivity index (χ3v) is 6.12. The van der Waals surface area contributed by atoms with Gasteiger partial charge < -0.3 is 15.0 Å². The molecule has 1 aliphatic heterocycles. The minimum Gasteiger partial charge on any atom is -0.452 e. The number of halogens is 1. The van der Waals surface area contributed by atoms with E-state index in [1.807, 2.05) is 49.4 Å². The van der Waals surface area contributed by atoms with Crippen molar-refractivity contribution in [1.29, 1.82) is 0 Å². The molecule has 1 amide bonds. The molecule has 0 spiro atoms. The number of hydrogen-bond donors (Lipinski definition) is 1. The second-order valence-electron chi connectivity index (χ2n) is 8.21. The maximum Gasteiger partial charge on any atom is 0.343 e. The summed E-state index contributed by atoms with van der Waals surface area (Å²) in [6, 6.07) is 15.6. The fraction of sp³-hybridized carbons (Fsp3) is 0.320. The van der Waals surface area contributed by atoms with Gasteiger partial charge >= 0.3 is 5.97 Å². The van der Waals surface area contributed by atoms with Gasteiger partial charge in [0.05, 0.1) is 12.2 Å². The summed E-state index contributed by atoms with van der Waals surface area (Å²) in [5, 5.41) is 7.36. The molecule has 0 bridgehead atoms. The number of carbonyl (C=O) groups is 2. The molecule has 0 saturated carbocycles. The zero-order valence-corrected chi connectivity index (χ0v) is 19.6. The van der Waals surface area contributed by atoms with Crippen LogP contribution in [0.2, 0.25) is 5.15 Å². The highest BCUT2D eigenvalue weighted by Crippen LogP contribution is 2.26. The van der Waals surface area contributed by atoms with Crippen molar-refractivity contribution in [2.45, 2.75) is 33.2 Å². The van der Waals surface area contributed by atoms with Crippen molar-refractivity contribution >= 4 is 34.9 Å². The summed E-state index contributed by atoms with van der Waals surface area (Å²) in [6.45, 7) is 5.78. The smallest absolute Gasteiger partial charge is 0.343 e. The first kappa shape index (κ1) is 22.9. The monoisotopic (exact) mass is 466 g/mol. The van der Waals surface area contributed by atoms with Crippen LogP contribution in [0.5, 0.6) is 0 Å². The van der Waals surface area contributed by atoms with Gasteiger partial charge in [-0.1, -0.05) is 41.9 Å². The van der Waals surface area contributed by atoms with Crippen LogP contribution in [-0.4, -0.2) is 41.4 Å². The van der Waals surface area contributed by atoms with Gasteiger partial charge in [0.1, 0.15) is 10.7 Å². The fourth-order valence-electron chi connectivity index (χ4n) is 4.00. The van der Waals surface area contributed by atoms with E-state index in [2.05, 4.69) is 21.4 Å². The third kappa shape index (κ3) is 5.37. The highest BCUT2D eigenvalue weighted by molar-refractivity contribution is 6.32. The first-order chi connectivity index (χ1) is 15.9. The van der Waals surface area contributed by atoms with Gasteiger partial charge in [-0.05, 0) is 56.0 Å². The van der Waals surface area contributed by atoms with Crippen LogP contribution in [0.15, 0.2) is 48.5 Å². The van der Waals surface area contributed by atoms with Crippen LogP contribution in [0.3, 0.4) is 0 Å². The van der Waals surface area contributed by atoms with E-state index in [1.165, 1.54) is 12.8 Å². The van der Waals surface area contributed by atoms with Crippen LogP contribution in [-0.2, 0) is 16.1 Å². The van der Waals surface area contributed by atoms with Crippen LogP contribution < -0.4 is 10.2 Å². The molecule has 0 aliphatic carbocycles. The molecule has 0 atom stereocenters. The van der Waals surface area contributed by atoms with Crippen molar-refractivity contribution < 1.29 is 14.3 Å². The molecule has 172 valence electrons. The van der Waals surface area contributed by atoms with Crippen molar-refractivity contribution in [2.24, 2.45) is 0 Å². The van der Waals surface area contributed by atoms with Gasteiger partial charge in [-0.2, -0.15) is 5.10 Å². The van der Waals surface area contributed by atoms with Gasteiger partial charge in [0.25, 0.3) is 5.91 Å². The first-order valence-corrected chi connectivity index (χ1v) is 11.4. The lowest BCUT2D eigenvalue weighted by atomic mass is 10.1. The second-order valence-corrected chi connectivity index (χ2v) is 8.57. The lowest BCUT2D eigenvalue weighted by molar-refractivity contribution is -0.119. The van der Waals surface area contributed by atoms with E-state index in [1.54, 1.807) is 11.6 Å². The van der Waals surface area contributed by atoms with Crippen molar-refractivity contribution in [3.05, 3.63) is 76.1 Å². The topological polar surface area (TPSA) is 76.5 Å². The second kappa shape index (κ2) is 10.1. The number of aryl methyl sites for hydroxylation is 2. The number of benzene rings is 2. The summed E-state index contributed by atoms with van der Waals surface area (Å²) in [5.41, 5.74) is 4.45. The minimum absolute atomic E-state index is 0.173. The van der Waals surface area contributed by atoms with Gasteiger partial charge in [-0.15, -0.1) is 0 Å². The summed E-state index contributed by atoms with van der Waals surface area (Å²) in [5.74, 6) is -1.08. The van der Waals surface area contributed by atoms with E-state index < -0.39 is 18.5 Å². The standard InChI is InChI=1S/C25H27ClN4O3/c1-17-14-20(29-12-6-7-13-29)10-11-21(17)27-22(31)16-33-25(32)23-18(2)28-30(24(23)26)15-19-8-4-3-5-9-19/h3-5,8-11,14H,6-7,12-13,15-16H2,1-2H3,(H,27,31). The lowest BCUT2D eigenvalue weighted by Gasteiger charge is -2.19. The molecule has 33 heavy (non-hydrogen) atoms. The van der Waals surface area contributed by atoms with E-state index in [0.29, 0.717) is 17.9 Å². The Morgan fingerprint density at radius 3 is 2.52 bits per heavy atom. The van der Waals surface area contributed by atoms with Crippen molar-refractivity contribution in [3.63, 3.8) is 0 Å². The van der Waals surface area contributed by atoms with E-state index in [0.717, 1.165) is 29.9 Å². The Kier molecular flexibility index (Phi) is 6.99. The van der Waals surface area contributed by atoms with Crippen LogP contribution in [0.25, 0.3) is 0 Å². The van der Waals surface area contributed by atoms with Gasteiger partial charge in [0, 0.05) is 24.5 Å². The van der Waals surface area contributed by atoms with Gasteiger partial charge in [-0.25, -0.2) is 9.48 Å². The third-order valence-electron chi connectivity index (χ3n) is 5.73. The zero-order chi connectivity index (χ0) is 23.4. The molecule has 0 radical (unpaired) electrons. The van der Waals surface area contributed by atoms with Crippen LogP contribution >= 0.6 is 11.6 Å². The van der Waals surface area contributed by atoms with E-state index >= 15 is 0 Å². The molecule has 4 rings (SSSR count). The normalized spacial score (nSPS) is 13.2. The number of ether oxygens (including phenoxy) is 1. The largest absolute Gasteiger partial charge is 0.452 e. The molecule has 3 aromatic rings. The molecule has 1 aromatic heterocycles. The number of nitrogens with zero attached hydrogens (tertiary/aromatic N) is 3. The van der Waals surface area contributed by atoms with Crippen LogP contribution in [0.1, 0.15) is 40.0 Å². The minimum atomic E-state index is -0.673. The Labute approximate surface area is 198 Å². The Hall–Kier alpha value is -3.32. The summed E-state index contributed by atoms with van der Waals surface area (Å²) in [4.78, 5) is 27.4. The molecule has 1 fully saturated rings. The molecular formula is C25H27ClN4O3. The van der Waals surface area contributed by atoms with Crippen molar-refractivity contribution in [3.8, 4) is 0 Å². The number of hydrogen-bond acceptors (Lipinski definition) is 5. The van der Waals surface area contributed by atoms with E-state index in [9.17, 15) is 9.59 Å². The number of aromatic nitrogens is 2. The first-order valence-electron chi connectivity index (χ1n) is 11.0. The number of amides is 1. The summed E-state index contributed by atoms with van der Waals surface area (Å²) in [7, 11) is 0. The Morgan fingerprint density at radius 1 is 1.09 bits per heavy atom.